The first-order chi connectivity index (χ1) is 8.27. The number of rotatable bonds is 1. The first kappa shape index (κ1) is 10.1. The van der Waals surface area contributed by atoms with Gasteiger partial charge >= 0.3 is 0 Å². The second kappa shape index (κ2) is 3.76. The van der Waals surface area contributed by atoms with Gasteiger partial charge in [-0.2, -0.15) is 0 Å². The molecule has 2 aromatic rings. The summed E-state index contributed by atoms with van der Waals surface area (Å²) >= 11 is 0. The number of hydrogen-bond acceptors (Lipinski definition) is 3. The largest absolute Gasteiger partial charge is 0.805 e. The van der Waals surface area contributed by atoms with Gasteiger partial charge in [0, 0.05) is 11.3 Å². The number of fused-ring (bicyclic) bond motifs is 1. The van der Waals surface area contributed by atoms with Gasteiger partial charge in [0.1, 0.15) is 5.69 Å². The van der Waals surface area contributed by atoms with Gasteiger partial charge in [0.25, 0.3) is 11.9 Å². The van der Waals surface area contributed by atoms with Crippen LogP contribution in [0.3, 0.4) is 0 Å². The Morgan fingerprint density at radius 3 is 2.94 bits per heavy atom. The minimum absolute atomic E-state index is 0.283. The first-order valence-electron chi connectivity index (χ1n) is 5.69. The highest BCUT2D eigenvalue weighted by atomic mass is 16.5. The molecule has 5 heteroatoms. The SMILES string of the molecule is O=[n+]1cc(-c2ccco2)n([O-])c2c1CCCC2. The van der Waals surface area contributed by atoms with Gasteiger partial charge < -0.3 is 14.4 Å². The quantitative estimate of drug-likeness (QED) is 0.705. The number of aromatic nitrogens is 2. The Morgan fingerprint density at radius 1 is 1.35 bits per heavy atom. The standard InChI is InChI=1S/C12H12N2O3/c15-13-8-11(12-6-3-7-17-12)14(16)10-5-2-1-4-9(10)13/h3,6-8H,1-2,4-5H2. The third-order valence-electron chi connectivity index (χ3n) is 3.15. The second-order valence-electron chi connectivity index (χ2n) is 4.21. The fraction of sp³-hybridized carbons (Fsp3) is 0.333. The third-order valence-corrected chi connectivity index (χ3v) is 3.15. The second-order valence-corrected chi connectivity index (χ2v) is 4.21. The van der Waals surface area contributed by atoms with E-state index in [1.54, 1.807) is 12.1 Å². The molecule has 0 radical (unpaired) electrons. The molecule has 17 heavy (non-hydrogen) atoms. The predicted octanol–water partition coefficient (Wildman–Crippen LogP) is 1.89. The average molecular weight is 232 g/mol. The van der Waals surface area contributed by atoms with Crippen LogP contribution in [0.4, 0.5) is 0 Å². The fourth-order valence-corrected chi connectivity index (χ4v) is 2.30. The van der Waals surface area contributed by atoms with Crippen LogP contribution >= 0.6 is 0 Å². The summed E-state index contributed by atoms with van der Waals surface area (Å²) in [6.45, 7) is 0. The summed E-state index contributed by atoms with van der Waals surface area (Å²) in [5.74, 6) is 0.429. The lowest BCUT2D eigenvalue weighted by atomic mass is 10.0. The molecule has 0 bridgehead atoms. The molecule has 5 nitrogen and oxygen atoms in total. The van der Waals surface area contributed by atoms with E-state index >= 15 is 0 Å². The molecule has 0 spiro atoms. The van der Waals surface area contributed by atoms with Crippen molar-refractivity contribution in [3.8, 4) is 11.5 Å². The molecular weight excluding hydrogens is 220 g/mol. The maximum Gasteiger partial charge on any atom is 0.258 e. The topological polar surface area (TPSA) is 64.1 Å². The first-order valence-corrected chi connectivity index (χ1v) is 5.69. The van der Waals surface area contributed by atoms with Crippen molar-refractivity contribution in [1.29, 1.82) is 0 Å². The lowest BCUT2D eigenvalue weighted by Gasteiger charge is -2.22. The zero-order valence-electron chi connectivity index (χ0n) is 9.26. The van der Waals surface area contributed by atoms with Crippen LogP contribution in [0.15, 0.2) is 29.0 Å². The summed E-state index contributed by atoms with van der Waals surface area (Å²) in [5, 5.41) is 12.2. The Labute approximate surface area is 97.5 Å². The van der Waals surface area contributed by atoms with Crippen LogP contribution in [-0.2, 0) is 12.8 Å². The van der Waals surface area contributed by atoms with Gasteiger partial charge in [0.15, 0.2) is 5.76 Å². The number of hydrogen-bond donors (Lipinski definition) is 0. The molecule has 2 heterocycles. The summed E-state index contributed by atoms with van der Waals surface area (Å²) in [6, 6.07) is 3.38. The van der Waals surface area contributed by atoms with Gasteiger partial charge in [-0.25, -0.2) is 0 Å². The molecule has 0 saturated carbocycles. The monoisotopic (exact) mass is 232 g/mol. The molecule has 0 fully saturated rings. The molecule has 0 unspecified atom stereocenters. The maximum absolute atomic E-state index is 12.2. The van der Waals surface area contributed by atoms with E-state index in [-0.39, 0.29) is 5.69 Å². The van der Waals surface area contributed by atoms with Crippen molar-refractivity contribution < 1.29 is 8.84 Å². The Balaban J connectivity index is 2.25. The zero-order chi connectivity index (χ0) is 11.8. The van der Waals surface area contributed by atoms with Crippen LogP contribution in [0.2, 0.25) is 0 Å². The summed E-state index contributed by atoms with van der Waals surface area (Å²) in [7, 11) is 0. The maximum atomic E-state index is 12.2. The van der Waals surface area contributed by atoms with Crippen LogP contribution in [0.5, 0.6) is 0 Å². The normalized spacial score (nSPS) is 14.6. The molecular formula is C12H12N2O3. The van der Waals surface area contributed by atoms with Crippen LogP contribution in [0.1, 0.15) is 24.2 Å². The minimum Gasteiger partial charge on any atom is -0.805 e. The van der Waals surface area contributed by atoms with Gasteiger partial charge in [0.05, 0.1) is 16.4 Å². The molecule has 0 atom stereocenters. The van der Waals surface area contributed by atoms with Gasteiger partial charge in [-0.05, 0) is 31.4 Å². The van der Waals surface area contributed by atoms with Crippen LogP contribution in [0, 0.1) is 10.1 Å². The third kappa shape index (κ3) is 1.54. The highest BCUT2D eigenvalue weighted by Gasteiger charge is 2.23. The molecule has 88 valence electrons. The molecule has 2 aromatic heterocycles. The predicted molar refractivity (Wildman–Crippen MR) is 60.9 cm³/mol. The summed E-state index contributed by atoms with van der Waals surface area (Å²) < 4.78 is 6.81. The Kier molecular flexibility index (Phi) is 2.24. The molecule has 0 N–H and O–H groups in total. The van der Waals surface area contributed by atoms with Crippen molar-refractivity contribution in [2.24, 2.45) is 0 Å². The van der Waals surface area contributed by atoms with Crippen LogP contribution in [0.25, 0.3) is 11.5 Å². The molecule has 1 aliphatic rings. The summed E-state index contributed by atoms with van der Waals surface area (Å²) in [4.78, 5) is 11.9. The number of furan rings is 1. The van der Waals surface area contributed by atoms with Crippen molar-refractivity contribution in [2.75, 3.05) is 0 Å². The van der Waals surface area contributed by atoms with E-state index in [1.165, 1.54) is 12.5 Å². The molecule has 1 aliphatic carbocycles. The average Bonchev–Trinajstić information content (AvgIpc) is 2.87. The molecule has 0 aromatic carbocycles. The van der Waals surface area contributed by atoms with Gasteiger partial charge in [0.2, 0.25) is 0 Å². The van der Waals surface area contributed by atoms with E-state index in [9.17, 15) is 10.1 Å². The minimum atomic E-state index is 0.283. The van der Waals surface area contributed by atoms with Gasteiger partial charge in [-0.1, -0.05) is 0 Å². The molecule has 0 aliphatic heterocycles. The van der Waals surface area contributed by atoms with Crippen molar-refractivity contribution >= 4 is 0 Å². The Bertz CT molecular complexity index is 599. The van der Waals surface area contributed by atoms with Gasteiger partial charge in [-0.15, -0.1) is 0 Å². The highest BCUT2D eigenvalue weighted by molar-refractivity contribution is 5.51. The van der Waals surface area contributed by atoms with E-state index in [1.807, 2.05) is 0 Å². The van der Waals surface area contributed by atoms with Crippen molar-refractivity contribution in [1.82, 2.24) is 4.73 Å². The van der Waals surface area contributed by atoms with Crippen molar-refractivity contribution in [3.05, 3.63) is 46.1 Å². The molecule has 0 amide bonds. The van der Waals surface area contributed by atoms with Crippen LogP contribution < -0.4 is 4.43 Å². The zero-order valence-corrected chi connectivity index (χ0v) is 9.26. The lowest BCUT2D eigenvalue weighted by Crippen LogP contribution is -2.29. The van der Waals surface area contributed by atoms with Crippen LogP contribution in [-0.4, -0.2) is 4.73 Å². The van der Waals surface area contributed by atoms with Crippen molar-refractivity contribution in [3.63, 3.8) is 0 Å². The Hall–Kier alpha value is -2.04. The molecule has 0 saturated heterocycles. The highest BCUT2D eigenvalue weighted by Crippen LogP contribution is 2.24. The van der Waals surface area contributed by atoms with E-state index < -0.39 is 0 Å². The van der Waals surface area contributed by atoms with E-state index in [0.717, 1.165) is 22.0 Å². The van der Waals surface area contributed by atoms with E-state index in [2.05, 4.69) is 0 Å². The number of nitrogens with zero attached hydrogens (tertiary/aromatic N) is 2. The fourth-order valence-electron chi connectivity index (χ4n) is 2.30. The summed E-state index contributed by atoms with van der Waals surface area (Å²) in [6.07, 6.45) is 6.06. The van der Waals surface area contributed by atoms with Gasteiger partial charge in [-0.3, -0.25) is 0 Å². The Morgan fingerprint density at radius 2 is 2.18 bits per heavy atom. The summed E-state index contributed by atoms with van der Waals surface area (Å²) in [5.41, 5.74) is 1.47. The lowest BCUT2D eigenvalue weighted by molar-refractivity contribution is -0.506. The van der Waals surface area contributed by atoms with Crippen molar-refractivity contribution in [2.45, 2.75) is 25.7 Å². The smallest absolute Gasteiger partial charge is 0.258 e. The molecule has 3 rings (SSSR count). The van der Waals surface area contributed by atoms with E-state index in [0.29, 0.717) is 30.0 Å². The van der Waals surface area contributed by atoms with E-state index in [4.69, 9.17) is 4.42 Å².